The minimum Gasteiger partial charge on any atom is -0.475 e. The molecule has 1 aliphatic heterocycles. The molecule has 3 aromatic heterocycles. The third-order valence-corrected chi connectivity index (χ3v) is 3.97. The highest BCUT2D eigenvalue weighted by molar-refractivity contribution is 5.73. The molecule has 4 rings (SSSR count). The number of rotatable bonds is 2. The van der Waals surface area contributed by atoms with Crippen molar-refractivity contribution in [3.63, 3.8) is 0 Å². The van der Waals surface area contributed by atoms with Gasteiger partial charge >= 0.3 is 12.1 Å². The topological polar surface area (TPSA) is 130 Å². The Kier molecular flexibility index (Phi) is 5.40. The largest absolute Gasteiger partial charge is 0.490 e. The zero-order valence-electron chi connectivity index (χ0n) is 14.5. The number of carbonyl (C=O) groups is 1. The van der Waals surface area contributed by atoms with Crippen molar-refractivity contribution in [2.45, 2.75) is 26.1 Å². The normalized spacial score (nSPS) is 13.4. The molecule has 28 heavy (non-hydrogen) atoms. The van der Waals surface area contributed by atoms with E-state index in [1.807, 2.05) is 13.1 Å². The highest BCUT2D eigenvalue weighted by Gasteiger charge is 2.38. The first kappa shape index (κ1) is 19.5. The maximum absolute atomic E-state index is 10.6. The molecule has 0 saturated heterocycles. The van der Waals surface area contributed by atoms with E-state index in [0.717, 1.165) is 36.3 Å². The maximum Gasteiger partial charge on any atom is 0.490 e. The Morgan fingerprint density at radius 3 is 2.71 bits per heavy atom. The summed E-state index contributed by atoms with van der Waals surface area (Å²) in [7, 11) is 0. The van der Waals surface area contributed by atoms with Crippen LogP contribution >= 0.6 is 0 Å². The van der Waals surface area contributed by atoms with E-state index >= 15 is 0 Å². The number of aliphatic carboxylic acids is 1. The van der Waals surface area contributed by atoms with Crippen LogP contribution in [-0.4, -0.2) is 49.1 Å². The summed E-state index contributed by atoms with van der Waals surface area (Å²) in [6.45, 7) is 3.77. The molecular formula is C16H15F3N6O3. The van der Waals surface area contributed by atoms with E-state index < -0.39 is 12.1 Å². The number of aromatic nitrogens is 5. The van der Waals surface area contributed by atoms with E-state index in [-0.39, 0.29) is 0 Å². The summed E-state index contributed by atoms with van der Waals surface area (Å²) in [6, 6.07) is 0. The molecule has 0 radical (unpaired) electrons. The number of nitrogens with one attached hydrogen (secondary N) is 2. The van der Waals surface area contributed by atoms with Gasteiger partial charge in [-0.25, -0.2) is 4.79 Å². The lowest BCUT2D eigenvalue weighted by Gasteiger charge is -2.19. The monoisotopic (exact) mass is 396 g/mol. The van der Waals surface area contributed by atoms with Crippen LogP contribution in [0, 0.1) is 6.92 Å². The first-order valence-corrected chi connectivity index (χ1v) is 8.08. The number of nitrogens with zero attached hydrogens (tertiary/aromatic N) is 4. The fraction of sp³-hybridized carbons (Fsp3) is 0.312. The molecule has 3 N–H and O–H groups in total. The zero-order chi connectivity index (χ0) is 20.3. The minimum atomic E-state index is -5.08. The predicted molar refractivity (Wildman–Crippen MR) is 88.9 cm³/mol. The van der Waals surface area contributed by atoms with Gasteiger partial charge in [-0.3, -0.25) is 10.1 Å². The Bertz CT molecular complexity index is 969. The van der Waals surface area contributed by atoms with Gasteiger partial charge in [0.1, 0.15) is 0 Å². The van der Waals surface area contributed by atoms with E-state index in [2.05, 4.69) is 30.6 Å². The lowest BCUT2D eigenvalue weighted by Crippen LogP contribution is -2.24. The lowest BCUT2D eigenvalue weighted by molar-refractivity contribution is -0.192. The molecular weight excluding hydrogens is 381 g/mol. The van der Waals surface area contributed by atoms with Crippen molar-refractivity contribution in [1.82, 2.24) is 30.6 Å². The van der Waals surface area contributed by atoms with E-state index in [1.165, 1.54) is 11.1 Å². The molecule has 0 atom stereocenters. The summed E-state index contributed by atoms with van der Waals surface area (Å²) in [5, 5.41) is 21.2. The lowest BCUT2D eigenvalue weighted by atomic mass is 9.95. The van der Waals surface area contributed by atoms with Crippen molar-refractivity contribution >= 4 is 5.97 Å². The molecule has 0 saturated carbocycles. The zero-order valence-corrected chi connectivity index (χ0v) is 14.5. The summed E-state index contributed by atoms with van der Waals surface area (Å²) in [4.78, 5) is 17.9. The van der Waals surface area contributed by atoms with Gasteiger partial charge in [-0.05, 0) is 31.0 Å². The Hall–Kier alpha value is -3.28. The summed E-state index contributed by atoms with van der Waals surface area (Å²) < 4.78 is 37.1. The van der Waals surface area contributed by atoms with Crippen molar-refractivity contribution in [2.24, 2.45) is 0 Å². The molecule has 9 nitrogen and oxygen atoms in total. The van der Waals surface area contributed by atoms with Crippen LogP contribution in [0.25, 0.3) is 22.8 Å². The fourth-order valence-electron chi connectivity index (χ4n) is 2.68. The van der Waals surface area contributed by atoms with Gasteiger partial charge in [0.2, 0.25) is 5.82 Å². The van der Waals surface area contributed by atoms with Crippen LogP contribution in [0.5, 0.6) is 0 Å². The molecule has 0 fully saturated rings. The SMILES string of the molecule is Cc1ncc2c(c1-c1noc(-c3cn[nH]c3)n1)CCNC2.O=C(O)C(F)(F)F. The van der Waals surface area contributed by atoms with Gasteiger partial charge in [-0.15, -0.1) is 0 Å². The first-order chi connectivity index (χ1) is 13.3. The Morgan fingerprint density at radius 1 is 1.32 bits per heavy atom. The van der Waals surface area contributed by atoms with E-state index in [4.69, 9.17) is 14.4 Å². The molecule has 0 aromatic carbocycles. The number of carboxylic acids is 1. The number of H-pyrrole nitrogens is 1. The highest BCUT2D eigenvalue weighted by Crippen LogP contribution is 2.30. The quantitative estimate of drug-likeness (QED) is 0.601. The average molecular weight is 396 g/mol. The van der Waals surface area contributed by atoms with Gasteiger partial charge in [0.05, 0.1) is 11.8 Å². The molecule has 0 bridgehead atoms. The van der Waals surface area contributed by atoms with Gasteiger partial charge in [0.15, 0.2) is 0 Å². The summed E-state index contributed by atoms with van der Waals surface area (Å²) in [6.07, 6.45) is 1.18. The van der Waals surface area contributed by atoms with E-state index in [9.17, 15) is 13.2 Å². The Morgan fingerprint density at radius 2 is 2.07 bits per heavy atom. The third-order valence-electron chi connectivity index (χ3n) is 3.97. The molecule has 0 spiro atoms. The second-order valence-electron chi connectivity index (χ2n) is 5.86. The van der Waals surface area contributed by atoms with Gasteiger partial charge in [0.25, 0.3) is 5.89 Å². The first-order valence-electron chi connectivity index (χ1n) is 8.08. The Labute approximate surface area is 156 Å². The average Bonchev–Trinajstić information content (AvgIpc) is 3.33. The number of alkyl halides is 3. The smallest absolute Gasteiger partial charge is 0.475 e. The number of pyridine rings is 1. The van der Waals surface area contributed by atoms with Crippen LogP contribution in [0.2, 0.25) is 0 Å². The van der Waals surface area contributed by atoms with Crippen molar-refractivity contribution in [2.75, 3.05) is 6.54 Å². The van der Waals surface area contributed by atoms with Crippen LogP contribution in [0.1, 0.15) is 16.8 Å². The number of aromatic amines is 1. The number of hydrogen-bond donors (Lipinski definition) is 3. The van der Waals surface area contributed by atoms with Crippen molar-refractivity contribution < 1.29 is 27.6 Å². The van der Waals surface area contributed by atoms with Gasteiger partial charge in [-0.1, -0.05) is 5.16 Å². The predicted octanol–water partition coefficient (Wildman–Crippen LogP) is 2.11. The van der Waals surface area contributed by atoms with E-state index in [1.54, 1.807) is 12.4 Å². The number of hydrogen-bond acceptors (Lipinski definition) is 7. The molecule has 0 amide bonds. The molecule has 148 valence electrons. The number of carboxylic acid groups (broad SMARTS) is 1. The molecule has 0 unspecified atom stereocenters. The van der Waals surface area contributed by atoms with Crippen molar-refractivity contribution in [3.8, 4) is 22.8 Å². The molecule has 0 aliphatic carbocycles. The van der Waals surface area contributed by atoms with E-state index in [0.29, 0.717) is 11.7 Å². The van der Waals surface area contributed by atoms with Crippen molar-refractivity contribution in [1.29, 1.82) is 0 Å². The second kappa shape index (κ2) is 7.76. The van der Waals surface area contributed by atoms with Crippen LogP contribution in [0.4, 0.5) is 13.2 Å². The Balaban J connectivity index is 0.000000279. The van der Waals surface area contributed by atoms with Crippen molar-refractivity contribution in [3.05, 3.63) is 35.4 Å². The summed E-state index contributed by atoms with van der Waals surface area (Å²) in [5.41, 5.74) is 5.17. The highest BCUT2D eigenvalue weighted by atomic mass is 19.4. The van der Waals surface area contributed by atoms with Crippen LogP contribution in [0.15, 0.2) is 23.1 Å². The molecule has 1 aliphatic rings. The van der Waals surface area contributed by atoms with Crippen LogP contribution < -0.4 is 5.32 Å². The minimum absolute atomic E-state index is 0.463. The van der Waals surface area contributed by atoms with Gasteiger partial charge in [-0.2, -0.15) is 23.3 Å². The molecule has 3 aromatic rings. The molecule has 12 heteroatoms. The maximum atomic E-state index is 10.6. The van der Waals surface area contributed by atoms with Crippen LogP contribution in [0.3, 0.4) is 0 Å². The number of aryl methyl sites for hydroxylation is 1. The number of halogens is 3. The van der Waals surface area contributed by atoms with Gasteiger partial charge in [0, 0.05) is 30.2 Å². The fourth-order valence-corrected chi connectivity index (χ4v) is 2.68. The van der Waals surface area contributed by atoms with Gasteiger partial charge < -0.3 is 14.9 Å². The second-order valence-corrected chi connectivity index (χ2v) is 5.86. The van der Waals surface area contributed by atoms with Crippen LogP contribution in [-0.2, 0) is 17.8 Å². The summed E-state index contributed by atoms with van der Waals surface area (Å²) >= 11 is 0. The standard InChI is InChI=1S/C14H14N6O.C2HF3O2/c1-8-12(11-2-3-15-4-9(11)5-16-8)13-19-14(21-20-13)10-6-17-18-7-10;3-2(4,5)1(6)7/h5-7,15H,2-4H2,1H3,(H,17,18);(H,6,7). The summed E-state index contributed by atoms with van der Waals surface area (Å²) in [5.74, 6) is -1.70. The third kappa shape index (κ3) is 4.17. The molecule has 4 heterocycles. The number of fused-ring (bicyclic) bond motifs is 1.